The molecule has 1 aliphatic rings. The van der Waals surface area contributed by atoms with Crippen molar-refractivity contribution in [1.29, 1.82) is 0 Å². The Morgan fingerprint density at radius 1 is 1.04 bits per heavy atom. The molecule has 0 fully saturated rings. The van der Waals surface area contributed by atoms with Crippen molar-refractivity contribution in [2.75, 3.05) is 48.9 Å². The minimum Gasteiger partial charge on any atom is -0.318 e. The van der Waals surface area contributed by atoms with Gasteiger partial charge in [0.1, 0.15) is 11.5 Å². The van der Waals surface area contributed by atoms with Gasteiger partial charge in [0.15, 0.2) is 11.6 Å². The molecule has 28 heavy (non-hydrogen) atoms. The van der Waals surface area contributed by atoms with Gasteiger partial charge in [-0.3, -0.25) is 0 Å². The molecular formula is C18H21F3N4O2S. The first-order valence-electron chi connectivity index (χ1n) is 8.67. The quantitative estimate of drug-likeness (QED) is 0.756. The zero-order valence-electron chi connectivity index (χ0n) is 15.5. The van der Waals surface area contributed by atoms with Crippen molar-refractivity contribution >= 4 is 27.3 Å². The lowest BCUT2D eigenvalue weighted by Crippen LogP contribution is -2.41. The summed E-state index contributed by atoms with van der Waals surface area (Å²) in [5, 5.41) is 3.01. The van der Waals surface area contributed by atoms with Crippen LogP contribution in [0, 0.1) is 17.5 Å². The number of hydrogen-bond donors (Lipinski definition) is 1. The van der Waals surface area contributed by atoms with E-state index in [0.717, 1.165) is 10.8 Å². The fourth-order valence-corrected chi connectivity index (χ4v) is 4.79. The summed E-state index contributed by atoms with van der Waals surface area (Å²) < 4.78 is 70.1. The molecule has 6 nitrogen and oxygen atoms in total. The monoisotopic (exact) mass is 414 g/mol. The van der Waals surface area contributed by atoms with E-state index in [4.69, 9.17) is 0 Å². The number of halogens is 3. The molecule has 1 N–H and O–H groups in total. The van der Waals surface area contributed by atoms with Crippen LogP contribution in [-0.4, -0.2) is 53.6 Å². The third-order valence-corrected chi connectivity index (χ3v) is 6.27. The maximum atomic E-state index is 14.4. The van der Waals surface area contributed by atoms with Crippen LogP contribution in [0.25, 0.3) is 0 Å². The van der Waals surface area contributed by atoms with Crippen LogP contribution in [0.4, 0.5) is 30.2 Å². The van der Waals surface area contributed by atoms with Crippen LogP contribution >= 0.6 is 0 Å². The van der Waals surface area contributed by atoms with Gasteiger partial charge in [-0.1, -0.05) is 12.1 Å². The maximum absolute atomic E-state index is 14.4. The Bertz CT molecular complexity index is 948. The Labute approximate surface area is 162 Å². The second-order valence-electron chi connectivity index (χ2n) is 6.46. The molecule has 0 radical (unpaired) electrons. The van der Waals surface area contributed by atoms with Crippen LogP contribution in [0.2, 0.25) is 0 Å². The van der Waals surface area contributed by atoms with E-state index in [2.05, 4.69) is 5.32 Å². The summed E-state index contributed by atoms with van der Waals surface area (Å²) in [6, 6.07) is 7.17. The zero-order valence-corrected chi connectivity index (χ0v) is 16.3. The summed E-state index contributed by atoms with van der Waals surface area (Å²) in [7, 11) is -0.624. The molecule has 0 amide bonds. The van der Waals surface area contributed by atoms with Crippen molar-refractivity contribution in [2.24, 2.45) is 0 Å². The van der Waals surface area contributed by atoms with Gasteiger partial charge in [-0.25, -0.2) is 21.8 Å². The van der Waals surface area contributed by atoms with Crippen molar-refractivity contribution in [3.8, 4) is 0 Å². The standard InChI is InChI=1S/C18H21F3N4O2S/c1-22-7-8-23(2)9-10-24-16-5-3-4-6-17(16)25(28(24,26)27)18-14(20)11-13(19)12-15(18)21/h3-6,11-12,22H,7-10H2,1-2H3. The van der Waals surface area contributed by atoms with Crippen molar-refractivity contribution in [2.45, 2.75) is 0 Å². The van der Waals surface area contributed by atoms with E-state index in [0.29, 0.717) is 35.2 Å². The highest BCUT2D eigenvalue weighted by atomic mass is 32.2. The molecule has 0 saturated heterocycles. The van der Waals surface area contributed by atoms with E-state index in [-0.39, 0.29) is 12.2 Å². The Morgan fingerprint density at radius 2 is 1.64 bits per heavy atom. The molecule has 152 valence electrons. The molecule has 0 unspecified atom stereocenters. The van der Waals surface area contributed by atoms with Gasteiger partial charge in [-0.05, 0) is 26.2 Å². The van der Waals surface area contributed by atoms with E-state index in [9.17, 15) is 21.6 Å². The average Bonchev–Trinajstić information content (AvgIpc) is 2.84. The molecule has 3 rings (SSSR count). The van der Waals surface area contributed by atoms with E-state index < -0.39 is 33.3 Å². The molecule has 2 aromatic rings. The van der Waals surface area contributed by atoms with E-state index in [1.807, 2.05) is 19.0 Å². The lowest BCUT2D eigenvalue weighted by atomic mass is 10.2. The topological polar surface area (TPSA) is 55.9 Å². The first-order valence-corrected chi connectivity index (χ1v) is 10.1. The van der Waals surface area contributed by atoms with Crippen LogP contribution in [0.5, 0.6) is 0 Å². The summed E-state index contributed by atoms with van der Waals surface area (Å²) in [5.41, 5.74) is -0.391. The number of benzene rings is 2. The van der Waals surface area contributed by atoms with E-state index in [1.54, 1.807) is 18.2 Å². The van der Waals surface area contributed by atoms with Crippen molar-refractivity contribution in [3.63, 3.8) is 0 Å². The number of hydrogen-bond acceptors (Lipinski definition) is 4. The van der Waals surface area contributed by atoms with Crippen LogP contribution in [0.15, 0.2) is 36.4 Å². The van der Waals surface area contributed by atoms with Gasteiger partial charge in [0, 0.05) is 38.3 Å². The molecule has 0 saturated carbocycles. The third-order valence-electron chi connectivity index (χ3n) is 4.49. The highest BCUT2D eigenvalue weighted by Gasteiger charge is 2.43. The summed E-state index contributed by atoms with van der Waals surface area (Å²) in [6.07, 6.45) is 0. The van der Waals surface area contributed by atoms with Gasteiger partial charge in [-0.2, -0.15) is 8.42 Å². The third kappa shape index (κ3) is 3.67. The SMILES string of the molecule is CNCCN(C)CCN1c2ccccc2N(c2c(F)cc(F)cc2F)S1(=O)=O. The molecule has 0 atom stereocenters. The van der Waals surface area contributed by atoms with Crippen molar-refractivity contribution < 1.29 is 21.6 Å². The molecule has 0 bridgehead atoms. The fraction of sp³-hybridized carbons (Fsp3) is 0.333. The second-order valence-corrected chi connectivity index (χ2v) is 8.16. The van der Waals surface area contributed by atoms with Gasteiger partial charge in [-0.15, -0.1) is 0 Å². The predicted octanol–water partition coefficient (Wildman–Crippen LogP) is 2.46. The number of nitrogens with zero attached hydrogens (tertiary/aromatic N) is 3. The highest BCUT2D eigenvalue weighted by molar-refractivity contribution is 7.95. The Balaban J connectivity index is 2.00. The van der Waals surface area contributed by atoms with Gasteiger partial charge >= 0.3 is 10.2 Å². The molecule has 1 aliphatic heterocycles. The fourth-order valence-electron chi connectivity index (χ4n) is 3.07. The summed E-state index contributed by atoms with van der Waals surface area (Å²) >= 11 is 0. The average molecular weight is 414 g/mol. The second kappa shape index (κ2) is 7.98. The smallest absolute Gasteiger partial charge is 0.318 e. The van der Waals surface area contributed by atoms with Crippen LogP contribution in [0.1, 0.15) is 0 Å². The largest absolute Gasteiger partial charge is 0.331 e. The number of nitrogens with one attached hydrogen (secondary N) is 1. The van der Waals surface area contributed by atoms with Crippen molar-refractivity contribution in [3.05, 3.63) is 53.8 Å². The summed E-state index contributed by atoms with van der Waals surface area (Å²) in [6.45, 7) is 1.95. The first-order chi connectivity index (χ1) is 13.3. The Kier molecular flexibility index (Phi) is 5.82. The maximum Gasteiger partial charge on any atom is 0.331 e. The van der Waals surface area contributed by atoms with Gasteiger partial charge in [0.05, 0.1) is 11.4 Å². The zero-order chi connectivity index (χ0) is 20.5. The van der Waals surface area contributed by atoms with Crippen molar-refractivity contribution in [1.82, 2.24) is 10.2 Å². The summed E-state index contributed by atoms with van der Waals surface area (Å²) in [4.78, 5) is 1.94. The molecule has 0 aromatic heterocycles. The number of para-hydroxylation sites is 2. The molecule has 10 heteroatoms. The number of likely N-dealkylation sites (N-methyl/N-ethyl adjacent to an activating group) is 2. The van der Waals surface area contributed by atoms with E-state index >= 15 is 0 Å². The number of rotatable bonds is 7. The molecule has 0 aliphatic carbocycles. The van der Waals surface area contributed by atoms with Gasteiger partial charge < -0.3 is 10.2 Å². The minimum absolute atomic E-state index is 0.0977. The predicted molar refractivity (Wildman–Crippen MR) is 103 cm³/mol. The number of anilines is 3. The highest BCUT2D eigenvalue weighted by Crippen LogP contribution is 2.46. The lowest BCUT2D eigenvalue weighted by Gasteiger charge is -2.24. The molecular weight excluding hydrogens is 393 g/mol. The summed E-state index contributed by atoms with van der Waals surface area (Å²) in [5.74, 6) is -3.70. The molecule has 2 aromatic carbocycles. The molecule has 1 heterocycles. The van der Waals surface area contributed by atoms with Gasteiger partial charge in [0.2, 0.25) is 0 Å². The number of fused-ring (bicyclic) bond motifs is 1. The van der Waals surface area contributed by atoms with Gasteiger partial charge in [0.25, 0.3) is 0 Å². The van der Waals surface area contributed by atoms with Crippen LogP contribution in [-0.2, 0) is 10.2 Å². The van der Waals surface area contributed by atoms with Crippen LogP contribution in [0.3, 0.4) is 0 Å². The Morgan fingerprint density at radius 3 is 2.25 bits per heavy atom. The lowest BCUT2D eigenvalue weighted by molar-refractivity contribution is 0.345. The molecule has 0 spiro atoms. The van der Waals surface area contributed by atoms with E-state index in [1.165, 1.54) is 6.07 Å². The first kappa shape index (κ1) is 20.4. The van der Waals surface area contributed by atoms with Crippen LogP contribution < -0.4 is 13.9 Å². The normalized spacial score (nSPS) is 15.4. The Hall–Kier alpha value is -2.30. The minimum atomic E-state index is -4.29.